The van der Waals surface area contributed by atoms with Gasteiger partial charge in [-0.1, -0.05) is 20.8 Å². The van der Waals surface area contributed by atoms with Gasteiger partial charge in [-0.05, 0) is 51.6 Å². The SMILES string of the molecule is CCC1(CC)NC(=O)N(CC(=O)NCC(C)N2CCC(C)CC2)C1=O. The lowest BCUT2D eigenvalue weighted by atomic mass is 9.93. The van der Waals surface area contributed by atoms with Gasteiger partial charge in [0, 0.05) is 12.6 Å². The van der Waals surface area contributed by atoms with Crippen molar-refractivity contribution in [1.29, 1.82) is 0 Å². The summed E-state index contributed by atoms with van der Waals surface area (Å²) in [4.78, 5) is 40.2. The molecule has 2 rings (SSSR count). The van der Waals surface area contributed by atoms with Crippen molar-refractivity contribution in [3.8, 4) is 0 Å². The van der Waals surface area contributed by atoms with E-state index in [2.05, 4.69) is 29.4 Å². The molecule has 4 amide bonds. The number of nitrogens with one attached hydrogen (secondary N) is 2. The van der Waals surface area contributed by atoms with E-state index in [0.29, 0.717) is 19.4 Å². The number of piperidine rings is 1. The quantitative estimate of drug-likeness (QED) is 0.678. The molecule has 7 nitrogen and oxygen atoms in total. The van der Waals surface area contributed by atoms with Crippen LogP contribution in [-0.4, -0.2) is 65.4 Å². The zero-order valence-corrected chi connectivity index (χ0v) is 15.9. The van der Waals surface area contributed by atoms with Crippen LogP contribution < -0.4 is 10.6 Å². The second-order valence-electron chi connectivity index (χ2n) is 7.48. The molecular formula is C18H32N4O3. The number of rotatable bonds is 7. The second-order valence-corrected chi connectivity index (χ2v) is 7.48. The van der Waals surface area contributed by atoms with Crippen molar-refractivity contribution in [2.24, 2.45) is 5.92 Å². The molecule has 2 heterocycles. The van der Waals surface area contributed by atoms with E-state index in [1.165, 1.54) is 12.8 Å². The van der Waals surface area contributed by atoms with E-state index in [1.807, 2.05) is 13.8 Å². The summed E-state index contributed by atoms with van der Waals surface area (Å²) in [6.07, 6.45) is 3.43. The molecule has 2 aliphatic rings. The Bertz CT molecular complexity index is 510. The molecule has 0 spiro atoms. The van der Waals surface area contributed by atoms with Gasteiger partial charge in [0.15, 0.2) is 0 Å². The Morgan fingerprint density at radius 2 is 1.88 bits per heavy atom. The monoisotopic (exact) mass is 352 g/mol. The highest BCUT2D eigenvalue weighted by Gasteiger charge is 2.49. The lowest BCUT2D eigenvalue weighted by Crippen LogP contribution is -2.48. The minimum atomic E-state index is -0.852. The summed E-state index contributed by atoms with van der Waals surface area (Å²) in [6.45, 7) is 10.5. The third-order valence-corrected chi connectivity index (χ3v) is 5.79. The van der Waals surface area contributed by atoms with Crippen molar-refractivity contribution < 1.29 is 14.4 Å². The summed E-state index contributed by atoms with van der Waals surface area (Å²) >= 11 is 0. The summed E-state index contributed by atoms with van der Waals surface area (Å²) in [5.41, 5.74) is -0.852. The number of amides is 4. The van der Waals surface area contributed by atoms with E-state index in [9.17, 15) is 14.4 Å². The fraction of sp³-hybridized carbons (Fsp3) is 0.833. The van der Waals surface area contributed by atoms with Crippen LogP contribution in [0.3, 0.4) is 0 Å². The summed E-state index contributed by atoms with van der Waals surface area (Å²) in [6, 6.07) is -0.216. The third-order valence-electron chi connectivity index (χ3n) is 5.79. The standard InChI is InChI=1S/C18H32N4O3/c1-5-18(6-2)16(24)22(17(25)20-18)12-15(23)19-11-14(4)21-9-7-13(3)8-10-21/h13-14H,5-12H2,1-4H3,(H,19,23)(H,20,25). The Hall–Kier alpha value is -1.63. The highest BCUT2D eigenvalue weighted by Crippen LogP contribution is 2.24. The maximum Gasteiger partial charge on any atom is 0.325 e. The molecule has 0 bridgehead atoms. The number of likely N-dealkylation sites (tertiary alicyclic amines) is 1. The van der Waals surface area contributed by atoms with Crippen molar-refractivity contribution >= 4 is 17.8 Å². The number of hydrogen-bond acceptors (Lipinski definition) is 4. The molecule has 0 aromatic rings. The predicted octanol–water partition coefficient (Wildman–Crippen LogP) is 1.33. The summed E-state index contributed by atoms with van der Waals surface area (Å²) in [5.74, 6) is 0.189. The van der Waals surface area contributed by atoms with Gasteiger partial charge in [0.1, 0.15) is 12.1 Å². The first kappa shape index (κ1) is 19.7. The molecule has 0 aromatic heterocycles. The topological polar surface area (TPSA) is 81.8 Å². The third kappa shape index (κ3) is 4.32. The van der Waals surface area contributed by atoms with Crippen molar-refractivity contribution in [2.45, 2.75) is 65.0 Å². The fourth-order valence-corrected chi connectivity index (χ4v) is 3.61. The van der Waals surface area contributed by atoms with Crippen LogP contribution >= 0.6 is 0 Å². The van der Waals surface area contributed by atoms with E-state index in [4.69, 9.17) is 0 Å². The van der Waals surface area contributed by atoms with Crippen LogP contribution in [0.25, 0.3) is 0 Å². The Morgan fingerprint density at radius 3 is 2.40 bits per heavy atom. The number of hydrogen-bond donors (Lipinski definition) is 2. The van der Waals surface area contributed by atoms with Crippen molar-refractivity contribution in [3.63, 3.8) is 0 Å². The largest absolute Gasteiger partial charge is 0.353 e. The normalized spacial score (nSPS) is 22.8. The van der Waals surface area contributed by atoms with Gasteiger partial charge in [0.25, 0.3) is 5.91 Å². The molecule has 7 heteroatoms. The Balaban J connectivity index is 1.82. The Morgan fingerprint density at radius 1 is 1.28 bits per heavy atom. The maximum atomic E-state index is 12.5. The van der Waals surface area contributed by atoms with Gasteiger partial charge >= 0.3 is 6.03 Å². The maximum absolute atomic E-state index is 12.5. The Kier molecular flexibility index (Phi) is 6.43. The van der Waals surface area contributed by atoms with Crippen molar-refractivity contribution in [3.05, 3.63) is 0 Å². The van der Waals surface area contributed by atoms with Crippen LogP contribution in [-0.2, 0) is 9.59 Å². The molecule has 2 fully saturated rings. The van der Waals surface area contributed by atoms with Crippen molar-refractivity contribution in [2.75, 3.05) is 26.2 Å². The van der Waals surface area contributed by atoms with Gasteiger partial charge in [-0.3, -0.25) is 19.4 Å². The molecular weight excluding hydrogens is 320 g/mol. The first-order chi connectivity index (χ1) is 11.8. The number of carbonyl (C=O) groups excluding carboxylic acids is 3. The van der Waals surface area contributed by atoms with Crippen LogP contribution in [0.2, 0.25) is 0 Å². The summed E-state index contributed by atoms with van der Waals surface area (Å²) in [7, 11) is 0. The van der Waals surface area contributed by atoms with Gasteiger partial charge in [-0.25, -0.2) is 4.79 Å². The van der Waals surface area contributed by atoms with E-state index in [0.717, 1.165) is 23.9 Å². The van der Waals surface area contributed by atoms with Crippen molar-refractivity contribution in [1.82, 2.24) is 20.4 Å². The van der Waals surface area contributed by atoms with Gasteiger partial charge in [0.2, 0.25) is 5.91 Å². The number of nitrogens with zero attached hydrogens (tertiary/aromatic N) is 2. The summed E-state index contributed by atoms with van der Waals surface area (Å²) in [5, 5.41) is 5.61. The first-order valence-corrected chi connectivity index (χ1v) is 9.47. The molecule has 2 N–H and O–H groups in total. The van der Waals surface area contributed by atoms with E-state index >= 15 is 0 Å². The van der Waals surface area contributed by atoms with Gasteiger partial charge in [0.05, 0.1) is 0 Å². The molecule has 2 saturated heterocycles. The molecule has 1 unspecified atom stereocenters. The lowest BCUT2D eigenvalue weighted by Gasteiger charge is -2.35. The number of urea groups is 1. The zero-order valence-electron chi connectivity index (χ0n) is 15.9. The first-order valence-electron chi connectivity index (χ1n) is 9.47. The van der Waals surface area contributed by atoms with Crippen LogP contribution in [0, 0.1) is 5.92 Å². The van der Waals surface area contributed by atoms with E-state index in [-0.39, 0.29) is 24.4 Å². The molecule has 142 valence electrons. The zero-order chi connectivity index (χ0) is 18.6. The van der Waals surface area contributed by atoms with E-state index in [1.54, 1.807) is 0 Å². The fourth-order valence-electron chi connectivity index (χ4n) is 3.61. The van der Waals surface area contributed by atoms with Crippen LogP contribution in [0.5, 0.6) is 0 Å². The molecule has 2 aliphatic heterocycles. The lowest BCUT2D eigenvalue weighted by molar-refractivity contribution is -0.135. The highest BCUT2D eigenvalue weighted by molar-refractivity contribution is 6.08. The minimum absolute atomic E-state index is 0.212. The number of carbonyl (C=O) groups is 3. The summed E-state index contributed by atoms with van der Waals surface area (Å²) < 4.78 is 0. The number of imide groups is 1. The van der Waals surface area contributed by atoms with Crippen LogP contribution in [0.15, 0.2) is 0 Å². The van der Waals surface area contributed by atoms with Gasteiger partial charge in [-0.2, -0.15) is 0 Å². The molecule has 1 atom stereocenters. The van der Waals surface area contributed by atoms with Crippen LogP contribution in [0.1, 0.15) is 53.4 Å². The molecule has 0 saturated carbocycles. The Labute approximate surface area is 150 Å². The predicted molar refractivity (Wildman–Crippen MR) is 96.0 cm³/mol. The average molecular weight is 352 g/mol. The van der Waals surface area contributed by atoms with Gasteiger partial charge in [-0.15, -0.1) is 0 Å². The molecule has 0 radical (unpaired) electrons. The van der Waals surface area contributed by atoms with E-state index < -0.39 is 11.6 Å². The molecule has 0 aliphatic carbocycles. The second kappa shape index (κ2) is 8.17. The minimum Gasteiger partial charge on any atom is -0.353 e. The molecule has 0 aromatic carbocycles. The highest BCUT2D eigenvalue weighted by atomic mass is 16.2. The van der Waals surface area contributed by atoms with Gasteiger partial charge < -0.3 is 10.6 Å². The molecule has 25 heavy (non-hydrogen) atoms. The average Bonchev–Trinajstić information content (AvgIpc) is 2.85. The van der Waals surface area contributed by atoms with Crippen LogP contribution in [0.4, 0.5) is 4.79 Å². The smallest absolute Gasteiger partial charge is 0.325 e.